The van der Waals surface area contributed by atoms with Gasteiger partial charge in [0.2, 0.25) is 5.95 Å². The minimum Gasteiger partial charge on any atom is -0.309 e. The van der Waals surface area contributed by atoms with Crippen LogP contribution < -0.4 is 0 Å². The molecule has 3 aromatic heterocycles. The highest BCUT2D eigenvalue weighted by molar-refractivity contribution is 6.14. The van der Waals surface area contributed by atoms with E-state index in [1.54, 1.807) is 0 Å². The molecule has 0 atom stereocenters. The molecule has 0 amide bonds. The Morgan fingerprint density at radius 2 is 0.983 bits per heavy atom. The molecule has 3 heterocycles. The Kier molecular flexibility index (Phi) is 6.48. The second kappa shape index (κ2) is 11.7. The highest BCUT2D eigenvalue weighted by atomic mass is 15.2. The third-order valence-corrected chi connectivity index (χ3v) is 13.1. The van der Waals surface area contributed by atoms with Gasteiger partial charge < -0.3 is 4.57 Å². The third kappa shape index (κ3) is 4.54. The summed E-state index contributed by atoms with van der Waals surface area (Å²) in [7, 11) is 0. The number of fused-ring (bicyclic) bond motifs is 13. The van der Waals surface area contributed by atoms with E-state index in [1.165, 1.54) is 82.1 Å². The number of benzene rings is 9. The molecule has 0 aliphatic heterocycles. The van der Waals surface area contributed by atoms with E-state index >= 15 is 0 Å². The zero-order valence-corrected chi connectivity index (χ0v) is 32.6. The van der Waals surface area contributed by atoms with E-state index in [2.05, 4.69) is 199 Å². The van der Waals surface area contributed by atoms with Crippen molar-refractivity contribution in [3.05, 3.63) is 193 Å². The average Bonchev–Trinajstić information content (AvgIpc) is 3.86. The van der Waals surface area contributed by atoms with Gasteiger partial charge in [-0.15, -0.1) is 0 Å². The normalized spacial score (nSPS) is 13.4. The smallest absolute Gasteiger partial charge is 0.235 e. The van der Waals surface area contributed by atoms with Crippen molar-refractivity contribution in [2.24, 2.45) is 0 Å². The van der Waals surface area contributed by atoms with Gasteiger partial charge in [-0.3, -0.25) is 4.57 Å². The van der Waals surface area contributed by atoms with Crippen LogP contribution in [0.25, 0.3) is 110 Å². The van der Waals surface area contributed by atoms with Crippen LogP contribution in [0.1, 0.15) is 25.0 Å². The zero-order chi connectivity index (χ0) is 39.0. The summed E-state index contributed by atoms with van der Waals surface area (Å²) in [4.78, 5) is 10.5. The van der Waals surface area contributed by atoms with Gasteiger partial charge in [-0.1, -0.05) is 123 Å². The van der Waals surface area contributed by atoms with E-state index < -0.39 is 0 Å². The molecule has 0 unspecified atom stereocenters. The lowest BCUT2D eigenvalue weighted by molar-refractivity contribution is 0.661. The molecule has 0 radical (unpaired) electrons. The number of aromatic nitrogens is 4. The lowest BCUT2D eigenvalue weighted by Gasteiger charge is -2.22. The Hall–Kier alpha value is -7.56. The number of nitrogens with zero attached hydrogens (tertiary/aromatic N) is 4. The molecule has 1 aliphatic rings. The Labute approximate surface area is 340 Å². The van der Waals surface area contributed by atoms with E-state index in [0.29, 0.717) is 5.95 Å². The van der Waals surface area contributed by atoms with Gasteiger partial charge in [0.25, 0.3) is 0 Å². The number of hydrogen-bond donors (Lipinski definition) is 0. The van der Waals surface area contributed by atoms with Crippen molar-refractivity contribution in [3.8, 4) is 33.9 Å². The molecule has 0 bridgehead atoms. The highest BCUT2D eigenvalue weighted by Gasteiger charge is 2.37. The SMILES string of the molecule is CC1(C)c2cc3ccccc3cc2-c2cc3c4cc(-c5ccc6c(c5)c5ccccc5n6-c5ccccc5)ccc4n(-c4ncc5ccc6ccccc6c5n4)c3cc21. The average molecular weight is 753 g/mol. The van der Waals surface area contributed by atoms with Crippen molar-refractivity contribution >= 4 is 76.1 Å². The molecule has 4 heteroatoms. The predicted octanol–water partition coefficient (Wildman–Crippen LogP) is 14.1. The van der Waals surface area contributed by atoms with E-state index in [4.69, 9.17) is 9.97 Å². The van der Waals surface area contributed by atoms with E-state index in [9.17, 15) is 0 Å². The molecule has 13 rings (SSSR count). The molecule has 0 fully saturated rings. The molecule has 0 saturated heterocycles. The van der Waals surface area contributed by atoms with Gasteiger partial charge in [0.15, 0.2) is 0 Å². The summed E-state index contributed by atoms with van der Waals surface area (Å²) < 4.78 is 4.67. The Bertz CT molecular complexity index is 3750. The third-order valence-electron chi connectivity index (χ3n) is 13.1. The van der Waals surface area contributed by atoms with Crippen molar-refractivity contribution in [3.63, 3.8) is 0 Å². The van der Waals surface area contributed by atoms with Gasteiger partial charge in [-0.2, -0.15) is 0 Å². The summed E-state index contributed by atoms with van der Waals surface area (Å²) in [5.41, 5.74) is 14.2. The van der Waals surface area contributed by atoms with Crippen molar-refractivity contribution in [1.29, 1.82) is 0 Å². The molecule has 0 spiro atoms. The van der Waals surface area contributed by atoms with Crippen molar-refractivity contribution in [2.45, 2.75) is 19.3 Å². The van der Waals surface area contributed by atoms with Gasteiger partial charge in [-0.05, 0) is 116 Å². The summed E-state index contributed by atoms with van der Waals surface area (Å²) in [5.74, 6) is 0.677. The fourth-order valence-corrected chi connectivity index (χ4v) is 10.2. The molecule has 59 heavy (non-hydrogen) atoms. The van der Waals surface area contributed by atoms with Crippen LogP contribution in [-0.4, -0.2) is 19.1 Å². The summed E-state index contributed by atoms with van der Waals surface area (Å²) in [6, 6.07) is 64.5. The molecule has 1 aliphatic carbocycles. The first kappa shape index (κ1) is 32.5. The molecule has 0 N–H and O–H groups in total. The molecule has 276 valence electrons. The van der Waals surface area contributed by atoms with Gasteiger partial charge in [0, 0.05) is 49.6 Å². The van der Waals surface area contributed by atoms with Crippen LogP contribution >= 0.6 is 0 Å². The minimum absolute atomic E-state index is 0.190. The topological polar surface area (TPSA) is 35.6 Å². The Morgan fingerprint density at radius 3 is 1.78 bits per heavy atom. The van der Waals surface area contributed by atoms with Gasteiger partial charge in [0.05, 0.1) is 27.6 Å². The monoisotopic (exact) mass is 752 g/mol. The van der Waals surface area contributed by atoms with Crippen LogP contribution in [0.3, 0.4) is 0 Å². The Balaban J connectivity index is 1.08. The highest BCUT2D eigenvalue weighted by Crippen LogP contribution is 2.52. The fourth-order valence-electron chi connectivity index (χ4n) is 10.2. The van der Waals surface area contributed by atoms with Gasteiger partial charge in [0.1, 0.15) is 0 Å². The fraction of sp³-hybridized carbons (Fsp3) is 0.0545. The first-order chi connectivity index (χ1) is 29.0. The zero-order valence-electron chi connectivity index (χ0n) is 32.6. The largest absolute Gasteiger partial charge is 0.309 e. The first-order valence-electron chi connectivity index (χ1n) is 20.4. The number of hydrogen-bond acceptors (Lipinski definition) is 2. The van der Waals surface area contributed by atoms with Crippen LogP contribution in [0.5, 0.6) is 0 Å². The van der Waals surface area contributed by atoms with Crippen molar-refractivity contribution in [2.75, 3.05) is 0 Å². The van der Waals surface area contributed by atoms with Crippen LogP contribution in [0, 0.1) is 0 Å². The summed E-state index contributed by atoms with van der Waals surface area (Å²) in [5, 5.41) is 10.7. The second-order valence-electron chi connectivity index (χ2n) is 16.7. The maximum Gasteiger partial charge on any atom is 0.235 e. The van der Waals surface area contributed by atoms with Crippen LogP contribution in [0.4, 0.5) is 0 Å². The quantitative estimate of drug-likeness (QED) is 0.169. The van der Waals surface area contributed by atoms with E-state index in [0.717, 1.165) is 33.0 Å². The predicted molar refractivity (Wildman–Crippen MR) is 246 cm³/mol. The van der Waals surface area contributed by atoms with Gasteiger partial charge >= 0.3 is 0 Å². The van der Waals surface area contributed by atoms with Crippen LogP contribution in [0.2, 0.25) is 0 Å². The number of para-hydroxylation sites is 2. The van der Waals surface area contributed by atoms with E-state index in [1.807, 2.05) is 6.20 Å². The maximum absolute atomic E-state index is 5.37. The van der Waals surface area contributed by atoms with E-state index in [-0.39, 0.29) is 5.41 Å². The standard InChI is InChI=1S/C55H36N4/c1-55(2)47-29-35-14-7-6-13-34(35)26-42(47)43-30-46-45-28-37(36-22-24-50-44(27-36)41-18-10-11-19-49(41)58(50)39-15-4-3-5-16-39)23-25-51(45)59(52(46)31-48(43)55)54-56-32-38-21-20-33-12-8-9-17-40(33)53(38)57-54/h3-32H,1-2H3. The second-order valence-corrected chi connectivity index (χ2v) is 16.7. The Morgan fingerprint density at radius 1 is 0.407 bits per heavy atom. The van der Waals surface area contributed by atoms with Crippen molar-refractivity contribution in [1.82, 2.24) is 19.1 Å². The summed E-state index contributed by atoms with van der Waals surface area (Å²) in [6.45, 7) is 4.74. The van der Waals surface area contributed by atoms with Crippen LogP contribution in [-0.2, 0) is 5.41 Å². The lowest BCUT2D eigenvalue weighted by atomic mass is 9.81. The number of rotatable bonds is 3. The molecule has 12 aromatic rings. The summed E-state index contributed by atoms with van der Waals surface area (Å²) >= 11 is 0. The summed E-state index contributed by atoms with van der Waals surface area (Å²) in [6.07, 6.45) is 1.98. The molecular weight excluding hydrogens is 717 g/mol. The maximum atomic E-state index is 5.37. The molecule has 0 saturated carbocycles. The van der Waals surface area contributed by atoms with Crippen molar-refractivity contribution < 1.29 is 0 Å². The molecular formula is C55H36N4. The lowest BCUT2D eigenvalue weighted by Crippen LogP contribution is -2.15. The molecule has 9 aromatic carbocycles. The minimum atomic E-state index is -0.190. The first-order valence-corrected chi connectivity index (χ1v) is 20.4. The van der Waals surface area contributed by atoms with Gasteiger partial charge in [-0.25, -0.2) is 9.97 Å². The molecule has 4 nitrogen and oxygen atoms in total. The van der Waals surface area contributed by atoms with Crippen LogP contribution in [0.15, 0.2) is 182 Å².